The lowest BCUT2D eigenvalue weighted by Crippen LogP contribution is -2.02. The molecule has 0 aliphatic carbocycles. The fourth-order valence-electron chi connectivity index (χ4n) is 1.62. The van der Waals surface area contributed by atoms with Crippen LogP contribution in [0.4, 0.5) is 0 Å². The van der Waals surface area contributed by atoms with Crippen LogP contribution < -0.4 is 0 Å². The Balaban J connectivity index is 2.51. The summed E-state index contributed by atoms with van der Waals surface area (Å²) in [6.07, 6.45) is 0. The summed E-state index contributed by atoms with van der Waals surface area (Å²) in [6, 6.07) is 11.7. The number of phenolic OH excluding ortho intramolecular Hbond substituents is 1. The molecule has 0 spiro atoms. The van der Waals surface area contributed by atoms with Gasteiger partial charge >= 0.3 is 0 Å². The Morgan fingerprint density at radius 2 is 1.82 bits per heavy atom. The molecule has 0 radical (unpaired) electrons. The van der Waals surface area contributed by atoms with E-state index >= 15 is 0 Å². The molecule has 0 aliphatic heterocycles. The Hall–Kier alpha value is -1.80. The van der Waals surface area contributed by atoms with E-state index in [9.17, 15) is 9.90 Å². The van der Waals surface area contributed by atoms with Gasteiger partial charge in [0.15, 0.2) is 5.78 Å². The van der Waals surface area contributed by atoms with Crippen molar-refractivity contribution < 1.29 is 9.90 Å². The molecule has 0 aromatic heterocycles. The van der Waals surface area contributed by atoms with Crippen molar-refractivity contribution in [1.82, 2.24) is 0 Å². The number of benzene rings is 2. The molecule has 0 saturated carbocycles. The lowest BCUT2D eigenvalue weighted by molar-refractivity contribution is 0.103. The lowest BCUT2D eigenvalue weighted by atomic mass is 10.0. The molecule has 0 unspecified atom stereocenters. The van der Waals surface area contributed by atoms with Gasteiger partial charge in [-0.25, -0.2) is 0 Å². The molecule has 0 heterocycles. The summed E-state index contributed by atoms with van der Waals surface area (Å²) in [4.78, 5) is 12.2. The van der Waals surface area contributed by atoms with Crippen LogP contribution in [0.2, 0.25) is 5.02 Å². The summed E-state index contributed by atoms with van der Waals surface area (Å²) >= 11 is 5.96. The number of aromatic hydroxyl groups is 1. The number of carbonyl (C=O) groups excluding carboxylic acids is 1. The minimum atomic E-state index is -0.267. The third kappa shape index (κ3) is 2.32. The maximum atomic E-state index is 12.2. The molecule has 0 saturated heterocycles. The van der Waals surface area contributed by atoms with E-state index in [1.807, 2.05) is 6.92 Å². The quantitative estimate of drug-likeness (QED) is 0.823. The standard InChI is InChI=1S/C14H11ClO2/c1-9-6-7-13(16)11(8-9)14(17)10-4-2-3-5-12(10)15/h2-8,16H,1H3. The number of aryl methyl sites for hydroxylation is 1. The molecule has 1 N–H and O–H groups in total. The zero-order chi connectivity index (χ0) is 12.4. The van der Waals surface area contributed by atoms with Gasteiger partial charge in [0, 0.05) is 5.56 Å². The van der Waals surface area contributed by atoms with Crippen LogP contribution in [0, 0.1) is 6.92 Å². The lowest BCUT2D eigenvalue weighted by Gasteiger charge is -2.06. The normalized spacial score (nSPS) is 10.2. The Morgan fingerprint density at radius 1 is 1.12 bits per heavy atom. The smallest absolute Gasteiger partial charge is 0.198 e. The molecule has 2 nitrogen and oxygen atoms in total. The van der Waals surface area contributed by atoms with Crippen LogP contribution >= 0.6 is 11.6 Å². The van der Waals surface area contributed by atoms with Gasteiger partial charge in [-0.15, -0.1) is 0 Å². The van der Waals surface area contributed by atoms with Crippen LogP contribution in [0.25, 0.3) is 0 Å². The Morgan fingerprint density at radius 3 is 2.53 bits per heavy atom. The van der Waals surface area contributed by atoms with Gasteiger partial charge in [-0.2, -0.15) is 0 Å². The first kappa shape index (κ1) is 11.7. The minimum Gasteiger partial charge on any atom is -0.507 e. The number of halogens is 1. The summed E-state index contributed by atoms with van der Waals surface area (Å²) < 4.78 is 0. The molecule has 0 amide bonds. The van der Waals surface area contributed by atoms with Gasteiger partial charge < -0.3 is 5.11 Å². The minimum absolute atomic E-state index is 0.0273. The van der Waals surface area contributed by atoms with Crippen molar-refractivity contribution in [1.29, 1.82) is 0 Å². The number of rotatable bonds is 2. The third-order valence-electron chi connectivity index (χ3n) is 2.52. The van der Waals surface area contributed by atoms with Crippen molar-refractivity contribution in [2.75, 3.05) is 0 Å². The van der Waals surface area contributed by atoms with Gasteiger partial charge in [0.1, 0.15) is 5.75 Å². The number of carbonyl (C=O) groups is 1. The fourth-order valence-corrected chi connectivity index (χ4v) is 1.84. The van der Waals surface area contributed by atoms with Crippen LogP contribution in [0.5, 0.6) is 5.75 Å². The fraction of sp³-hybridized carbons (Fsp3) is 0.0714. The topological polar surface area (TPSA) is 37.3 Å². The molecule has 0 bridgehead atoms. The van der Waals surface area contributed by atoms with E-state index in [1.54, 1.807) is 36.4 Å². The molecule has 2 rings (SSSR count). The van der Waals surface area contributed by atoms with E-state index in [1.165, 1.54) is 6.07 Å². The van der Waals surface area contributed by atoms with Gasteiger partial charge in [-0.1, -0.05) is 35.4 Å². The van der Waals surface area contributed by atoms with Crippen molar-refractivity contribution in [2.45, 2.75) is 6.92 Å². The molecule has 86 valence electrons. The van der Waals surface area contributed by atoms with Crippen LogP contribution in [0.3, 0.4) is 0 Å². The summed E-state index contributed by atoms with van der Waals surface area (Å²) in [5.74, 6) is -0.294. The number of hydrogen-bond acceptors (Lipinski definition) is 2. The molecule has 0 fully saturated rings. The first-order valence-electron chi connectivity index (χ1n) is 5.18. The highest BCUT2D eigenvalue weighted by atomic mass is 35.5. The summed E-state index contributed by atoms with van der Waals surface area (Å²) in [5.41, 5.74) is 1.59. The van der Waals surface area contributed by atoms with E-state index in [-0.39, 0.29) is 17.1 Å². The van der Waals surface area contributed by atoms with Gasteiger partial charge in [0.25, 0.3) is 0 Å². The van der Waals surface area contributed by atoms with Gasteiger partial charge in [0.2, 0.25) is 0 Å². The molecule has 0 aliphatic rings. The van der Waals surface area contributed by atoms with E-state index in [0.717, 1.165) is 5.56 Å². The monoisotopic (exact) mass is 246 g/mol. The maximum Gasteiger partial charge on any atom is 0.198 e. The van der Waals surface area contributed by atoms with Crippen LogP contribution in [0.15, 0.2) is 42.5 Å². The molecule has 3 heteroatoms. The van der Waals surface area contributed by atoms with E-state index in [4.69, 9.17) is 11.6 Å². The second-order valence-corrected chi connectivity index (χ2v) is 4.24. The van der Waals surface area contributed by atoms with E-state index in [2.05, 4.69) is 0 Å². The average molecular weight is 247 g/mol. The van der Waals surface area contributed by atoms with Crippen LogP contribution in [-0.2, 0) is 0 Å². The van der Waals surface area contributed by atoms with E-state index < -0.39 is 0 Å². The maximum absolute atomic E-state index is 12.2. The summed E-state index contributed by atoms with van der Waals surface area (Å²) in [7, 11) is 0. The third-order valence-corrected chi connectivity index (χ3v) is 2.84. The second-order valence-electron chi connectivity index (χ2n) is 3.83. The summed E-state index contributed by atoms with van der Waals surface area (Å²) in [6.45, 7) is 1.86. The van der Waals surface area contributed by atoms with Crippen molar-refractivity contribution >= 4 is 17.4 Å². The van der Waals surface area contributed by atoms with E-state index in [0.29, 0.717) is 10.6 Å². The second kappa shape index (κ2) is 4.60. The van der Waals surface area contributed by atoms with Crippen molar-refractivity contribution in [3.05, 3.63) is 64.2 Å². The van der Waals surface area contributed by atoms with Crippen molar-refractivity contribution in [3.63, 3.8) is 0 Å². The summed E-state index contributed by atoms with van der Waals surface area (Å²) in [5, 5.41) is 10.1. The highest BCUT2D eigenvalue weighted by molar-refractivity contribution is 6.35. The first-order chi connectivity index (χ1) is 8.09. The SMILES string of the molecule is Cc1ccc(O)c(C(=O)c2ccccc2Cl)c1. The number of phenols is 1. The van der Waals surface area contributed by atoms with Gasteiger partial charge in [-0.3, -0.25) is 4.79 Å². The zero-order valence-electron chi connectivity index (χ0n) is 9.27. The first-order valence-corrected chi connectivity index (χ1v) is 5.56. The molecule has 0 atom stereocenters. The largest absolute Gasteiger partial charge is 0.507 e. The highest BCUT2D eigenvalue weighted by Crippen LogP contribution is 2.25. The van der Waals surface area contributed by atoms with Crippen molar-refractivity contribution in [2.24, 2.45) is 0 Å². The van der Waals surface area contributed by atoms with Gasteiger partial charge in [0.05, 0.1) is 10.6 Å². The molecule has 17 heavy (non-hydrogen) atoms. The van der Waals surface area contributed by atoms with Crippen LogP contribution in [0.1, 0.15) is 21.5 Å². The van der Waals surface area contributed by atoms with Gasteiger partial charge in [-0.05, 0) is 31.2 Å². The Labute approximate surface area is 104 Å². The van der Waals surface area contributed by atoms with Crippen LogP contribution in [-0.4, -0.2) is 10.9 Å². The Bertz CT molecular complexity index is 576. The van der Waals surface area contributed by atoms with Crippen molar-refractivity contribution in [3.8, 4) is 5.75 Å². The highest BCUT2D eigenvalue weighted by Gasteiger charge is 2.15. The number of ketones is 1. The molecule has 2 aromatic rings. The predicted octanol–water partition coefficient (Wildman–Crippen LogP) is 3.59. The molecule has 2 aromatic carbocycles. The predicted molar refractivity (Wildman–Crippen MR) is 67.7 cm³/mol. The zero-order valence-corrected chi connectivity index (χ0v) is 10.0. The average Bonchev–Trinajstić information content (AvgIpc) is 2.32. The molecular formula is C14H11ClO2. The molecular weight excluding hydrogens is 236 g/mol. The number of hydrogen-bond donors (Lipinski definition) is 1. The Kier molecular flexibility index (Phi) is 3.16.